The number of furan rings is 1. The van der Waals surface area contributed by atoms with Crippen LogP contribution in [0.3, 0.4) is 0 Å². The smallest absolute Gasteiger partial charge is 0.161 e. The van der Waals surface area contributed by atoms with Gasteiger partial charge in [-0.1, -0.05) is 164 Å². The second-order valence-corrected chi connectivity index (χ2v) is 13.3. The van der Waals surface area contributed by atoms with Crippen LogP contribution in [0.5, 0.6) is 0 Å². The molecule has 0 atom stereocenters. The van der Waals surface area contributed by atoms with E-state index in [-0.39, 0.29) is 0 Å². The van der Waals surface area contributed by atoms with Crippen molar-refractivity contribution in [1.29, 1.82) is 0 Å². The van der Waals surface area contributed by atoms with Gasteiger partial charge in [0, 0.05) is 21.9 Å². The normalized spacial score (nSPS) is 12.1. The van der Waals surface area contributed by atoms with Gasteiger partial charge in [-0.25, -0.2) is 9.98 Å². The summed E-state index contributed by atoms with van der Waals surface area (Å²) in [5, 5.41) is 4.61. The Kier molecular flexibility index (Phi) is 8.76. The second kappa shape index (κ2) is 14.5. The van der Waals surface area contributed by atoms with Crippen LogP contribution in [0, 0.1) is 0 Å². The molecule has 0 aliphatic carbocycles. The van der Waals surface area contributed by atoms with E-state index < -0.39 is 0 Å². The van der Waals surface area contributed by atoms with Crippen LogP contribution >= 0.6 is 0 Å². The van der Waals surface area contributed by atoms with Gasteiger partial charge in [0.05, 0.1) is 6.54 Å². The molecule has 0 radical (unpaired) electrons. The van der Waals surface area contributed by atoms with E-state index in [1.807, 2.05) is 72.8 Å². The topological polar surface area (TPSA) is 50.2 Å². The average molecular weight is 694 g/mol. The van der Waals surface area contributed by atoms with Crippen LogP contribution in [0.4, 0.5) is 0 Å². The zero-order valence-electron chi connectivity index (χ0n) is 29.6. The molecule has 1 aromatic heterocycles. The van der Waals surface area contributed by atoms with E-state index in [0.717, 1.165) is 60.9 Å². The van der Waals surface area contributed by atoms with Crippen molar-refractivity contribution in [2.75, 3.05) is 0 Å². The first-order valence-electron chi connectivity index (χ1n) is 18.1. The predicted molar refractivity (Wildman–Crippen MR) is 227 cm³/mol. The van der Waals surface area contributed by atoms with Crippen molar-refractivity contribution in [2.45, 2.75) is 6.54 Å². The van der Waals surface area contributed by atoms with Gasteiger partial charge in [-0.15, -0.1) is 0 Å². The Labute approximate surface area is 314 Å². The van der Waals surface area contributed by atoms with Crippen molar-refractivity contribution in [2.24, 2.45) is 15.0 Å². The number of benzene rings is 8. The molecular weight excluding hydrogens is 659 g/mol. The Morgan fingerprint density at radius 2 is 1.02 bits per heavy atom. The summed E-state index contributed by atoms with van der Waals surface area (Å²) in [7, 11) is 0. The van der Waals surface area contributed by atoms with E-state index in [0.29, 0.717) is 18.2 Å². The highest BCUT2D eigenvalue weighted by atomic mass is 16.3. The molecule has 256 valence electrons. The lowest BCUT2D eigenvalue weighted by molar-refractivity contribution is 0.669. The first kappa shape index (κ1) is 32.7. The summed E-state index contributed by atoms with van der Waals surface area (Å²) >= 11 is 0. The maximum atomic E-state index is 6.46. The van der Waals surface area contributed by atoms with E-state index in [1.54, 1.807) is 0 Å². The molecule has 1 heterocycles. The highest BCUT2D eigenvalue weighted by Crippen LogP contribution is 2.35. The maximum absolute atomic E-state index is 6.46. The molecule has 0 saturated heterocycles. The Hall–Kier alpha value is -7.17. The predicted octanol–water partition coefficient (Wildman–Crippen LogP) is 12.8. The third kappa shape index (κ3) is 6.53. The highest BCUT2D eigenvalue weighted by Gasteiger charge is 2.14. The largest absolute Gasteiger partial charge is 0.456 e. The van der Waals surface area contributed by atoms with Crippen molar-refractivity contribution >= 4 is 51.1 Å². The molecule has 8 aromatic carbocycles. The monoisotopic (exact) mass is 693 g/mol. The van der Waals surface area contributed by atoms with Crippen LogP contribution in [-0.2, 0) is 6.54 Å². The van der Waals surface area contributed by atoms with E-state index >= 15 is 0 Å². The van der Waals surface area contributed by atoms with Crippen LogP contribution < -0.4 is 0 Å². The van der Waals surface area contributed by atoms with Crippen molar-refractivity contribution in [3.63, 3.8) is 0 Å². The molecule has 0 aliphatic rings. The molecule has 0 unspecified atom stereocenters. The van der Waals surface area contributed by atoms with Crippen molar-refractivity contribution in [3.8, 4) is 33.4 Å². The minimum atomic E-state index is 0.412. The summed E-state index contributed by atoms with van der Waals surface area (Å²) in [5.41, 5.74) is 11.4. The van der Waals surface area contributed by atoms with Crippen LogP contribution in [0.25, 0.3) is 66.1 Å². The Balaban J connectivity index is 1.02. The molecule has 0 bridgehead atoms. The maximum Gasteiger partial charge on any atom is 0.161 e. The third-order valence-electron chi connectivity index (χ3n) is 9.93. The molecule has 0 spiro atoms. The number of hydrogen-bond donors (Lipinski definition) is 0. The van der Waals surface area contributed by atoms with Gasteiger partial charge in [-0.05, 0) is 80.7 Å². The van der Waals surface area contributed by atoms with Gasteiger partial charge >= 0.3 is 0 Å². The van der Waals surface area contributed by atoms with Crippen molar-refractivity contribution < 1.29 is 4.42 Å². The van der Waals surface area contributed by atoms with E-state index in [9.17, 15) is 0 Å². The summed E-state index contributed by atoms with van der Waals surface area (Å²) in [6.07, 6.45) is 0. The molecule has 54 heavy (non-hydrogen) atoms. The first-order valence-corrected chi connectivity index (χ1v) is 18.1. The average Bonchev–Trinajstić information content (AvgIpc) is 3.63. The zero-order valence-corrected chi connectivity index (χ0v) is 29.6. The summed E-state index contributed by atoms with van der Waals surface area (Å²) in [6.45, 7) is 4.27. The lowest BCUT2D eigenvalue weighted by atomic mass is 9.97. The van der Waals surface area contributed by atoms with Gasteiger partial charge in [0.25, 0.3) is 0 Å². The standard InChI is InChI=1S/C50H35N3O/c1-51-49(40-26-23-36(24-27-40)34-11-4-2-5-12-34)53-50(39-14-6-3-7-15-39)52-33-44-17-10-18-46-48(44)45-30-29-43(32-47(45)54-46)38-21-19-37(20-22-38)42-28-25-35-13-8-9-16-41(35)31-42/h2-32H,1,33H2. The molecular formula is C50H35N3O. The summed E-state index contributed by atoms with van der Waals surface area (Å²) < 4.78 is 6.46. The first-order chi connectivity index (χ1) is 26.7. The fraction of sp³-hybridized carbons (Fsp3) is 0.0200. The van der Waals surface area contributed by atoms with Crippen molar-refractivity contribution in [3.05, 3.63) is 205 Å². The summed E-state index contributed by atoms with van der Waals surface area (Å²) in [6, 6.07) is 65.1. The highest BCUT2D eigenvalue weighted by molar-refractivity contribution is 6.13. The Morgan fingerprint density at radius 3 is 1.76 bits per heavy atom. The fourth-order valence-corrected chi connectivity index (χ4v) is 7.11. The van der Waals surface area contributed by atoms with Gasteiger partial charge in [-0.3, -0.25) is 4.99 Å². The van der Waals surface area contributed by atoms with Gasteiger partial charge in [-0.2, -0.15) is 0 Å². The van der Waals surface area contributed by atoms with Crippen LogP contribution in [0.1, 0.15) is 16.7 Å². The number of nitrogens with zero attached hydrogens (tertiary/aromatic N) is 3. The molecule has 0 aliphatic heterocycles. The summed E-state index contributed by atoms with van der Waals surface area (Å²) in [4.78, 5) is 14.4. The number of amidine groups is 2. The van der Waals surface area contributed by atoms with E-state index in [1.165, 1.54) is 21.9 Å². The number of fused-ring (bicyclic) bond motifs is 4. The number of aliphatic imine (C=N–C) groups is 3. The lowest BCUT2D eigenvalue weighted by Gasteiger charge is -2.08. The van der Waals surface area contributed by atoms with Gasteiger partial charge < -0.3 is 4.42 Å². The molecule has 9 aromatic rings. The summed E-state index contributed by atoms with van der Waals surface area (Å²) in [5.74, 6) is 1.10. The minimum Gasteiger partial charge on any atom is -0.456 e. The van der Waals surface area contributed by atoms with Gasteiger partial charge in [0.1, 0.15) is 11.2 Å². The minimum absolute atomic E-state index is 0.412. The van der Waals surface area contributed by atoms with Crippen LogP contribution in [-0.4, -0.2) is 18.4 Å². The van der Waals surface area contributed by atoms with Gasteiger partial charge in [0.15, 0.2) is 11.7 Å². The molecule has 4 heteroatoms. The second-order valence-electron chi connectivity index (χ2n) is 13.3. The van der Waals surface area contributed by atoms with Crippen LogP contribution in [0.2, 0.25) is 0 Å². The van der Waals surface area contributed by atoms with Crippen molar-refractivity contribution in [1.82, 2.24) is 0 Å². The fourth-order valence-electron chi connectivity index (χ4n) is 7.11. The molecule has 0 saturated carbocycles. The molecule has 9 rings (SSSR count). The quantitative estimate of drug-likeness (QED) is 0.121. The van der Waals surface area contributed by atoms with Crippen LogP contribution in [0.15, 0.2) is 207 Å². The number of hydrogen-bond acceptors (Lipinski definition) is 2. The van der Waals surface area contributed by atoms with E-state index in [2.05, 4.69) is 127 Å². The Morgan fingerprint density at radius 1 is 0.444 bits per heavy atom. The SMILES string of the molecule is C=NC(=NC(=NCc1cccc2oc3cc(-c4ccc(-c5ccc6ccccc6c5)cc4)ccc3c12)c1ccccc1)c1ccc(-c2ccccc2)cc1. The molecule has 0 amide bonds. The molecule has 0 N–H and O–H groups in total. The molecule has 4 nitrogen and oxygen atoms in total. The Bertz CT molecular complexity index is 2830. The zero-order chi connectivity index (χ0) is 36.3. The number of rotatable bonds is 7. The van der Waals surface area contributed by atoms with E-state index in [4.69, 9.17) is 14.4 Å². The van der Waals surface area contributed by atoms with Gasteiger partial charge in [0.2, 0.25) is 0 Å². The molecule has 0 fully saturated rings. The third-order valence-corrected chi connectivity index (χ3v) is 9.93. The lowest BCUT2D eigenvalue weighted by Crippen LogP contribution is -2.05.